The van der Waals surface area contributed by atoms with Crippen LogP contribution in [0.25, 0.3) is 0 Å². The third-order valence-corrected chi connectivity index (χ3v) is 3.36. The Labute approximate surface area is 129 Å². The van der Waals surface area contributed by atoms with Crippen LogP contribution in [0.3, 0.4) is 0 Å². The number of nitrogens with zero attached hydrogens (tertiary/aromatic N) is 2. The highest BCUT2D eigenvalue weighted by atomic mass is 16.5. The zero-order chi connectivity index (χ0) is 16.3. The molecule has 22 heavy (non-hydrogen) atoms. The molecule has 0 aliphatic rings. The van der Waals surface area contributed by atoms with Gasteiger partial charge in [0.25, 0.3) is 5.91 Å². The van der Waals surface area contributed by atoms with Gasteiger partial charge in [-0.2, -0.15) is 5.10 Å². The second-order valence-corrected chi connectivity index (χ2v) is 4.94. The number of esters is 1. The van der Waals surface area contributed by atoms with Gasteiger partial charge in [0.15, 0.2) is 5.69 Å². The fourth-order valence-corrected chi connectivity index (χ4v) is 2.15. The first-order valence-corrected chi connectivity index (χ1v) is 7.01. The summed E-state index contributed by atoms with van der Waals surface area (Å²) in [6.07, 6.45) is 0. The van der Waals surface area contributed by atoms with Crippen molar-refractivity contribution in [1.29, 1.82) is 0 Å². The van der Waals surface area contributed by atoms with Crippen LogP contribution in [0.15, 0.2) is 24.3 Å². The summed E-state index contributed by atoms with van der Waals surface area (Å²) in [4.78, 5) is 24.3. The van der Waals surface area contributed by atoms with Crippen LogP contribution in [0.4, 0.5) is 5.69 Å². The molecule has 0 atom stereocenters. The lowest BCUT2D eigenvalue weighted by atomic mass is 10.1. The number of carbonyl (C=O) groups excluding carboxylic acids is 2. The number of ether oxygens (including phenoxy) is 1. The maximum Gasteiger partial charge on any atom is 0.358 e. The van der Waals surface area contributed by atoms with E-state index in [0.29, 0.717) is 23.5 Å². The van der Waals surface area contributed by atoms with E-state index in [-0.39, 0.29) is 11.6 Å². The van der Waals surface area contributed by atoms with Crippen LogP contribution in [0, 0.1) is 13.8 Å². The molecule has 1 N–H and O–H groups in total. The Balaban J connectivity index is 2.36. The molecule has 6 heteroatoms. The number of anilines is 1. The normalized spacial score (nSPS) is 10.4. The molecule has 0 radical (unpaired) electrons. The number of aryl methyl sites for hydroxylation is 3. The number of carbonyl (C=O) groups is 2. The van der Waals surface area contributed by atoms with Crippen LogP contribution < -0.4 is 5.32 Å². The molecule has 0 saturated carbocycles. The number of hydrogen-bond acceptors (Lipinski definition) is 4. The van der Waals surface area contributed by atoms with Crippen molar-refractivity contribution in [1.82, 2.24) is 9.78 Å². The monoisotopic (exact) mass is 301 g/mol. The van der Waals surface area contributed by atoms with Crippen LogP contribution in [0.2, 0.25) is 0 Å². The quantitative estimate of drug-likeness (QED) is 0.881. The Bertz CT molecular complexity index is 702. The minimum absolute atomic E-state index is 0.253. The van der Waals surface area contributed by atoms with Crippen molar-refractivity contribution in [3.8, 4) is 0 Å². The number of methoxy groups -OCH3 is 1. The van der Waals surface area contributed by atoms with Crippen molar-refractivity contribution in [3.05, 3.63) is 46.8 Å². The summed E-state index contributed by atoms with van der Waals surface area (Å²) < 4.78 is 6.30. The third kappa shape index (κ3) is 3.00. The Hall–Kier alpha value is -2.63. The van der Waals surface area contributed by atoms with E-state index < -0.39 is 5.97 Å². The summed E-state index contributed by atoms with van der Waals surface area (Å²) in [5.74, 6) is -0.814. The number of amides is 1. The molecule has 0 fully saturated rings. The van der Waals surface area contributed by atoms with E-state index in [4.69, 9.17) is 4.74 Å². The maximum atomic E-state index is 12.3. The zero-order valence-electron chi connectivity index (χ0n) is 13.1. The molecular formula is C16H19N3O3. The topological polar surface area (TPSA) is 73.2 Å². The van der Waals surface area contributed by atoms with Gasteiger partial charge in [-0.25, -0.2) is 4.79 Å². The fourth-order valence-electron chi connectivity index (χ4n) is 2.15. The molecule has 1 aromatic carbocycles. The highest BCUT2D eigenvalue weighted by Crippen LogP contribution is 2.22. The van der Waals surface area contributed by atoms with E-state index in [0.717, 1.165) is 5.56 Å². The van der Waals surface area contributed by atoms with Crippen LogP contribution >= 0.6 is 0 Å². The molecule has 1 amide bonds. The molecule has 0 aliphatic carbocycles. The van der Waals surface area contributed by atoms with Crippen LogP contribution in [0.5, 0.6) is 0 Å². The first kappa shape index (κ1) is 15.8. The van der Waals surface area contributed by atoms with Crippen LogP contribution in [0.1, 0.15) is 39.0 Å². The summed E-state index contributed by atoms with van der Waals surface area (Å²) in [6.45, 7) is 6.06. The van der Waals surface area contributed by atoms with Gasteiger partial charge in [-0.15, -0.1) is 0 Å². The summed E-state index contributed by atoms with van der Waals surface area (Å²) in [5, 5.41) is 7.02. The molecular weight excluding hydrogens is 282 g/mol. The Morgan fingerprint density at radius 2 is 1.86 bits per heavy atom. The van der Waals surface area contributed by atoms with Gasteiger partial charge in [0.05, 0.1) is 18.5 Å². The molecule has 6 nitrogen and oxygen atoms in total. The van der Waals surface area contributed by atoms with Crippen LogP contribution in [-0.2, 0) is 11.3 Å². The van der Waals surface area contributed by atoms with Crippen molar-refractivity contribution < 1.29 is 14.3 Å². The standard InChI is InChI=1S/C16H19N3O3/c1-5-19-14(16(21)22-4)13(11(3)18-19)17-15(20)12-8-6-10(2)7-9-12/h6-9H,5H2,1-4H3,(H,17,20). The molecule has 0 saturated heterocycles. The van der Waals surface area contributed by atoms with Gasteiger partial charge in [0, 0.05) is 12.1 Å². The number of rotatable bonds is 4. The average Bonchev–Trinajstić information content (AvgIpc) is 2.83. The molecule has 0 bridgehead atoms. The predicted molar refractivity (Wildman–Crippen MR) is 83.1 cm³/mol. The van der Waals surface area contributed by atoms with Crippen molar-refractivity contribution in [2.24, 2.45) is 0 Å². The first-order valence-electron chi connectivity index (χ1n) is 7.01. The highest BCUT2D eigenvalue weighted by Gasteiger charge is 2.23. The maximum absolute atomic E-state index is 12.3. The van der Waals surface area contributed by atoms with E-state index in [1.165, 1.54) is 11.8 Å². The Kier molecular flexibility index (Phi) is 4.60. The second kappa shape index (κ2) is 6.43. The highest BCUT2D eigenvalue weighted by molar-refractivity contribution is 6.08. The molecule has 0 spiro atoms. The number of benzene rings is 1. The molecule has 2 aromatic rings. The summed E-state index contributed by atoms with van der Waals surface area (Å²) in [5.41, 5.74) is 2.80. The summed E-state index contributed by atoms with van der Waals surface area (Å²) in [6, 6.07) is 7.20. The predicted octanol–water partition coefficient (Wildman–Crippen LogP) is 2.56. The largest absolute Gasteiger partial charge is 0.464 e. The van der Waals surface area contributed by atoms with Gasteiger partial charge in [-0.1, -0.05) is 17.7 Å². The van der Waals surface area contributed by atoms with Gasteiger partial charge in [-0.05, 0) is 32.9 Å². The van der Waals surface area contributed by atoms with E-state index in [1.54, 1.807) is 19.1 Å². The minimum atomic E-state index is -0.526. The molecule has 1 aromatic heterocycles. The summed E-state index contributed by atoms with van der Waals surface area (Å²) in [7, 11) is 1.30. The van der Waals surface area contributed by atoms with E-state index in [1.807, 2.05) is 26.0 Å². The van der Waals surface area contributed by atoms with Crippen molar-refractivity contribution >= 4 is 17.6 Å². The SMILES string of the molecule is CCn1nc(C)c(NC(=O)c2ccc(C)cc2)c1C(=O)OC. The van der Waals surface area contributed by atoms with Gasteiger partial charge in [0.2, 0.25) is 0 Å². The lowest BCUT2D eigenvalue weighted by Gasteiger charge is -2.08. The average molecular weight is 301 g/mol. The van der Waals surface area contributed by atoms with E-state index in [9.17, 15) is 9.59 Å². The van der Waals surface area contributed by atoms with Crippen molar-refractivity contribution in [3.63, 3.8) is 0 Å². The van der Waals surface area contributed by atoms with E-state index in [2.05, 4.69) is 10.4 Å². The van der Waals surface area contributed by atoms with Gasteiger partial charge in [-0.3, -0.25) is 9.48 Å². The summed E-state index contributed by atoms with van der Waals surface area (Å²) >= 11 is 0. The fraction of sp³-hybridized carbons (Fsp3) is 0.312. The number of nitrogens with one attached hydrogen (secondary N) is 1. The second-order valence-electron chi connectivity index (χ2n) is 4.94. The molecule has 1 heterocycles. The van der Waals surface area contributed by atoms with Gasteiger partial charge in [0.1, 0.15) is 0 Å². The van der Waals surface area contributed by atoms with E-state index >= 15 is 0 Å². The minimum Gasteiger partial charge on any atom is -0.464 e. The smallest absolute Gasteiger partial charge is 0.358 e. The Morgan fingerprint density at radius 3 is 2.41 bits per heavy atom. The molecule has 2 rings (SSSR count). The lowest BCUT2D eigenvalue weighted by Crippen LogP contribution is -2.17. The first-order chi connectivity index (χ1) is 10.5. The third-order valence-electron chi connectivity index (χ3n) is 3.36. The van der Waals surface area contributed by atoms with Crippen molar-refractivity contribution in [2.45, 2.75) is 27.3 Å². The molecule has 0 unspecified atom stereocenters. The number of aromatic nitrogens is 2. The van der Waals surface area contributed by atoms with Gasteiger partial charge >= 0.3 is 5.97 Å². The lowest BCUT2D eigenvalue weighted by molar-refractivity contribution is 0.0588. The Morgan fingerprint density at radius 1 is 1.23 bits per heavy atom. The number of hydrogen-bond donors (Lipinski definition) is 1. The zero-order valence-corrected chi connectivity index (χ0v) is 13.1. The molecule has 116 valence electrons. The van der Waals surface area contributed by atoms with Crippen molar-refractivity contribution in [2.75, 3.05) is 12.4 Å². The van der Waals surface area contributed by atoms with Crippen LogP contribution in [-0.4, -0.2) is 28.8 Å². The van der Waals surface area contributed by atoms with Gasteiger partial charge < -0.3 is 10.1 Å². The molecule has 0 aliphatic heterocycles.